The van der Waals surface area contributed by atoms with Crippen molar-refractivity contribution >= 4 is 0 Å². The van der Waals surface area contributed by atoms with Crippen LogP contribution in [0.2, 0.25) is 0 Å². The number of aromatic nitrogens is 1. The van der Waals surface area contributed by atoms with E-state index in [1.54, 1.807) is 0 Å². The summed E-state index contributed by atoms with van der Waals surface area (Å²) < 4.78 is 10.7. The molecule has 0 radical (unpaired) electrons. The van der Waals surface area contributed by atoms with Crippen molar-refractivity contribution in [1.29, 1.82) is 0 Å². The lowest BCUT2D eigenvalue weighted by molar-refractivity contribution is 0.287. The number of benzene rings is 1. The lowest BCUT2D eigenvalue weighted by Crippen LogP contribution is -2.11. The lowest BCUT2D eigenvalue weighted by Gasteiger charge is -2.06. The molecule has 2 aromatic rings. The summed E-state index contributed by atoms with van der Waals surface area (Å²) in [6.07, 6.45) is 0. The van der Waals surface area contributed by atoms with E-state index in [4.69, 9.17) is 9.26 Å². The van der Waals surface area contributed by atoms with Crippen molar-refractivity contribution in [2.24, 2.45) is 0 Å². The van der Waals surface area contributed by atoms with Gasteiger partial charge in [0, 0.05) is 12.6 Å². The Morgan fingerprint density at radius 3 is 2.94 bits per heavy atom. The molecule has 4 nitrogen and oxygen atoms in total. The third-order valence-electron chi connectivity index (χ3n) is 2.54. The molecule has 0 unspecified atom stereocenters. The van der Waals surface area contributed by atoms with E-state index in [1.165, 1.54) is 5.56 Å². The van der Waals surface area contributed by atoms with E-state index in [0.29, 0.717) is 6.61 Å². The van der Waals surface area contributed by atoms with E-state index < -0.39 is 0 Å². The Balaban J connectivity index is 1.92. The summed E-state index contributed by atoms with van der Waals surface area (Å²) in [6, 6.07) is 9.94. The van der Waals surface area contributed by atoms with E-state index in [9.17, 15) is 0 Å². The first-order valence-corrected chi connectivity index (χ1v) is 6.12. The molecule has 0 saturated carbocycles. The van der Waals surface area contributed by atoms with Gasteiger partial charge < -0.3 is 14.6 Å². The van der Waals surface area contributed by atoms with Gasteiger partial charge in [-0.25, -0.2) is 0 Å². The minimum absolute atomic E-state index is 0.433. The lowest BCUT2D eigenvalue weighted by atomic mass is 10.2. The van der Waals surface area contributed by atoms with Gasteiger partial charge in [-0.05, 0) is 31.2 Å². The van der Waals surface area contributed by atoms with Crippen molar-refractivity contribution in [3.63, 3.8) is 0 Å². The number of rotatable bonds is 6. The van der Waals surface area contributed by atoms with Crippen molar-refractivity contribution in [2.75, 3.05) is 6.54 Å². The fourth-order valence-corrected chi connectivity index (χ4v) is 1.66. The summed E-state index contributed by atoms with van der Waals surface area (Å²) in [6.45, 7) is 6.21. The fraction of sp³-hybridized carbons (Fsp3) is 0.357. The zero-order chi connectivity index (χ0) is 12.8. The van der Waals surface area contributed by atoms with Gasteiger partial charge in [0.25, 0.3) is 0 Å². The average Bonchev–Trinajstić information content (AvgIpc) is 2.80. The number of hydrogen-bond donors (Lipinski definition) is 1. The molecule has 0 saturated heterocycles. The molecule has 0 amide bonds. The number of hydrogen-bond acceptors (Lipinski definition) is 4. The molecule has 0 atom stereocenters. The van der Waals surface area contributed by atoms with Crippen LogP contribution in [0.4, 0.5) is 0 Å². The highest BCUT2D eigenvalue weighted by Gasteiger charge is 2.02. The number of ether oxygens (including phenoxy) is 1. The van der Waals surface area contributed by atoms with Gasteiger partial charge in [-0.2, -0.15) is 0 Å². The summed E-state index contributed by atoms with van der Waals surface area (Å²) in [4.78, 5) is 0. The van der Waals surface area contributed by atoms with E-state index in [2.05, 4.69) is 23.5 Å². The Labute approximate surface area is 107 Å². The Kier molecular flexibility index (Phi) is 4.36. The van der Waals surface area contributed by atoms with Gasteiger partial charge in [0.15, 0.2) is 0 Å². The van der Waals surface area contributed by atoms with Gasteiger partial charge in [0.05, 0.1) is 0 Å². The normalized spacial score (nSPS) is 10.6. The highest BCUT2D eigenvalue weighted by molar-refractivity contribution is 5.28. The van der Waals surface area contributed by atoms with Gasteiger partial charge in [0.1, 0.15) is 23.8 Å². The van der Waals surface area contributed by atoms with Crippen molar-refractivity contribution < 1.29 is 9.26 Å². The molecule has 96 valence electrons. The molecule has 0 fully saturated rings. The maximum atomic E-state index is 5.68. The van der Waals surface area contributed by atoms with Gasteiger partial charge in [-0.3, -0.25) is 0 Å². The molecule has 0 spiro atoms. The highest BCUT2D eigenvalue weighted by atomic mass is 16.5. The van der Waals surface area contributed by atoms with Gasteiger partial charge in [0.2, 0.25) is 0 Å². The molecule has 4 heteroatoms. The second-order valence-electron chi connectivity index (χ2n) is 4.15. The van der Waals surface area contributed by atoms with Crippen LogP contribution in [0.1, 0.15) is 23.9 Å². The second kappa shape index (κ2) is 6.21. The second-order valence-corrected chi connectivity index (χ2v) is 4.15. The Hall–Kier alpha value is -1.81. The minimum atomic E-state index is 0.433. The van der Waals surface area contributed by atoms with Crippen molar-refractivity contribution in [2.45, 2.75) is 27.0 Å². The topological polar surface area (TPSA) is 47.3 Å². The summed E-state index contributed by atoms with van der Waals surface area (Å²) in [5.74, 6) is 1.65. The van der Waals surface area contributed by atoms with Crippen LogP contribution in [-0.4, -0.2) is 11.7 Å². The van der Waals surface area contributed by atoms with E-state index >= 15 is 0 Å². The van der Waals surface area contributed by atoms with E-state index in [1.807, 2.05) is 31.2 Å². The van der Waals surface area contributed by atoms with Crippen LogP contribution in [0.15, 0.2) is 34.9 Å². The van der Waals surface area contributed by atoms with Crippen molar-refractivity contribution in [1.82, 2.24) is 10.5 Å². The SMILES string of the molecule is CCNCc1cccc(OCc2cc(C)on2)c1. The molecule has 0 aliphatic carbocycles. The van der Waals surface area contributed by atoms with Crippen LogP contribution < -0.4 is 10.1 Å². The van der Waals surface area contributed by atoms with Crippen LogP contribution in [0, 0.1) is 6.92 Å². The molecular formula is C14H18N2O2. The highest BCUT2D eigenvalue weighted by Crippen LogP contribution is 2.15. The maximum absolute atomic E-state index is 5.68. The molecule has 0 aliphatic rings. The minimum Gasteiger partial charge on any atom is -0.487 e. The molecule has 2 rings (SSSR count). The van der Waals surface area contributed by atoms with Crippen molar-refractivity contribution in [3.8, 4) is 5.75 Å². The Morgan fingerprint density at radius 1 is 1.33 bits per heavy atom. The smallest absolute Gasteiger partial charge is 0.134 e. The van der Waals surface area contributed by atoms with Gasteiger partial charge in [-0.1, -0.05) is 24.2 Å². The number of aryl methyl sites for hydroxylation is 1. The molecule has 1 heterocycles. The summed E-state index contributed by atoms with van der Waals surface area (Å²) in [7, 11) is 0. The predicted octanol–water partition coefficient (Wildman–Crippen LogP) is 2.67. The molecule has 1 aromatic carbocycles. The van der Waals surface area contributed by atoms with Crippen LogP contribution in [-0.2, 0) is 13.2 Å². The third kappa shape index (κ3) is 3.60. The van der Waals surface area contributed by atoms with E-state index in [-0.39, 0.29) is 0 Å². The number of nitrogens with zero attached hydrogens (tertiary/aromatic N) is 1. The average molecular weight is 246 g/mol. The number of nitrogens with one attached hydrogen (secondary N) is 1. The van der Waals surface area contributed by atoms with Crippen molar-refractivity contribution in [3.05, 3.63) is 47.3 Å². The predicted molar refractivity (Wildman–Crippen MR) is 69.4 cm³/mol. The van der Waals surface area contributed by atoms with Crippen LogP contribution >= 0.6 is 0 Å². The molecule has 0 bridgehead atoms. The first kappa shape index (κ1) is 12.6. The monoisotopic (exact) mass is 246 g/mol. The van der Waals surface area contributed by atoms with Crippen LogP contribution in [0.5, 0.6) is 5.75 Å². The molecular weight excluding hydrogens is 228 g/mol. The largest absolute Gasteiger partial charge is 0.487 e. The molecule has 1 N–H and O–H groups in total. The fourth-order valence-electron chi connectivity index (χ4n) is 1.66. The standard InChI is InChI=1S/C14H18N2O2/c1-3-15-9-12-5-4-6-14(8-12)17-10-13-7-11(2)18-16-13/h4-8,15H,3,9-10H2,1-2H3. The summed E-state index contributed by atoms with van der Waals surface area (Å²) in [5, 5.41) is 7.18. The van der Waals surface area contributed by atoms with Crippen LogP contribution in [0.25, 0.3) is 0 Å². The van der Waals surface area contributed by atoms with Gasteiger partial charge in [-0.15, -0.1) is 0 Å². The third-order valence-corrected chi connectivity index (χ3v) is 2.54. The quantitative estimate of drug-likeness (QED) is 0.851. The van der Waals surface area contributed by atoms with E-state index in [0.717, 1.165) is 30.3 Å². The maximum Gasteiger partial charge on any atom is 0.134 e. The Morgan fingerprint density at radius 2 is 2.22 bits per heavy atom. The molecule has 18 heavy (non-hydrogen) atoms. The first-order chi connectivity index (χ1) is 8.78. The summed E-state index contributed by atoms with van der Waals surface area (Å²) in [5.41, 5.74) is 2.02. The summed E-state index contributed by atoms with van der Waals surface area (Å²) >= 11 is 0. The zero-order valence-electron chi connectivity index (χ0n) is 10.8. The molecule has 1 aromatic heterocycles. The Bertz CT molecular complexity index is 494. The van der Waals surface area contributed by atoms with Gasteiger partial charge >= 0.3 is 0 Å². The zero-order valence-corrected chi connectivity index (χ0v) is 10.8. The molecule has 0 aliphatic heterocycles. The first-order valence-electron chi connectivity index (χ1n) is 6.12. The van der Waals surface area contributed by atoms with Crippen LogP contribution in [0.3, 0.4) is 0 Å².